The Hall–Kier alpha value is -0.860. The van der Waals surface area contributed by atoms with Gasteiger partial charge in [0.1, 0.15) is 5.82 Å². The first-order valence-corrected chi connectivity index (χ1v) is 3.65. The van der Waals surface area contributed by atoms with Gasteiger partial charge in [-0.25, -0.2) is 4.98 Å². The van der Waals surface area contributed by atoms with Gasteiger partial charge in [-0.3, -0.25) is 4.68 Å². The summed E-state index contributed by atoms with van der Waals surface area (Å²) in [5, 5.41) is 4.28. The Morgan fingerprint density at radius 1 is 1.50 bits per heavy atom. The van der Waals surface area contributed by atoms with Crippen LogP contribution in [-0.4, -0.2) is 14.8 Å². The van der Waals surface area contributed by atoms with Crippen LogP contribution < -0.4 is 0 Å². The van der Waals surface area contributed by atoms with Crippen LogP contribution >= 0.6 is 0 Å². The summed E-state index contributed by atoms with van der Waals surface area (Å²) < 4.78 is 1.84. The molecule has 1 heterocycles. The van der Waals surface area contributed by atoms with Crippen LogP contribution in [0.3, 0.4) is 0 Å². The summed E-state index contributed by atoms with van der Waals surface area (Å²) in [4.78, 5) is 4.32. The fourth-order valence-corrected chi connectivity index (χ4v) is 1.00. The third-order valence-corrected chi connectivity index (χ3v) is 1.94. The van der Waals surface area contributed by atoms with E-state index in [1.165, 1.54) is 12.8 Å². The van der Waals surface area contributed by atoms with Gasteiger partial charge in [0.2, 0.25) is 0 Å². The summed E-state index contributed by atoms with van der Waals surface area (Å²) in [7, 11) is 1.94. The van der Waals surface area contributed by atoms with E-state index in [0.29, 0.717) is 5.92 Å². The Morgan fingerprint density at radius 2 is 2.20 bits per heavy atom. The van der Waals surface area contributed by atoms with Crippen molar-refractivity contribution in [2.75, 3.05) is 0 Å². The Labute approximate surface area is 60.1 Å². The van der Waals surface area contributed by atoms with Crippen molar-refractivity contribution in [2.24, 2.45) is 7.05 Å². The first-order valence-electron chi connectivity index (χ1n) is 3.65. The first-order chi connectivity index (χ1) is 4.77. The number of rotatable bonds is 1. The minimum atomic E-state index is 0.680. The molecule has 0 spiro atoms. The molecule has 0 N–H and O–H groups in total. The van der Waals surface area contributed by atoms with E-state index in [-0.39, 0.29) is 0 Å². The zero-order valence-electron chi connectivity index (χ0n) is 6.33. The van der Waals surface area contributed by atoms with Gasteiger partial charge in [0.05, 0.1) is 0 Å². The summed E-state index contributed by atoms with van der Waals surface area (Å²) in [6.07, 6.45) is 2.56. The van der Waals surface area contributed by atoms with Crippen LogP contribution in [0.5, 0.6) is 0 Å². The van der Waals surface area contributed by atoms with Crippen molar-refractivity contribution in [3.8, 4) is 0 Å². The molecule has 1 aromatic heterocycles. The number of aryl methyl sites for hydroxylation is 2. The molecule has 0 bridgehead atoms. The highest BCUT2D eigenvalue weighted by atomic mass is 15.3. The summed E-state index contributed by atoms with van der Waals surface area (Å²) in [6, 6.07) is 0. The maximum absolute atomic E-state index is 4.32. The van der Waals surface area contributed by atoms with Crippen molar-refractivity contribution in [3.63, 3.8) is 0 Å². The second-order valence-corrected chi connectivity index (χ2v) is 2.92. The van der Waals surface area contributed by atoms with Crippen LogP contribution in [-0.2, 0) is 7.05 Å². The number of hydrogen-bond acceptors (Lipinski definition) is 2. The zero-order valence-corrected chi connectivity index (χ0v) is 6.33. The Morgan fingerprint density at radius 3 is 2.60 bits per heavy atom. The molecule has 1 aliphatic carbocycles. The van der Waals surface area contributed by atoms with Crippen molar-refractivity contribution in [3.05, 3.63) is 11.6 Å². The van der Waals surface area contributed by atoms with E-state index in [4.69, 9.17) is 0 Å². The topological polar surface area (TPSA) is 30.7 Å². The molecular weight excluding hydrogens is 126 g/mol. The molecule has 1 saturated carbocycles. The minimum absolute atomic E-state index is 0.680. The van der Waals surface area contributed by atoms with Gasteiger partial charge in [-0.15, -0.1) is 0 Å². The minimum Gasteiger partial charge on any atom is -0.253 e. The maximum Gasteiger partial charge on any atom is 0.153 e. The predicted molar refractivity (Wildman–Crippen MR) is 37.7 cm³/mol. The Bertz CT molecular complexity index is 228. The lowest BCUT2D eigenvalue weighted by atomic mass is 10.4. The van der Waals surface area contributed by atoms with E-state index in [0.717, 1.165) is 11.6 Å². The lowest BCUT2D eigenvalue weighted by molar-refractivity contribution is 0.720. The molecule has 0 aromatic carbocycles. The molecule has 0 radical (unpaired) electrons. The van der Waals surface area contributed by atoms with Crippen molar-refractivity contribution in [2.45, 2.75) is 25.7 Å². The molecule has 0 atom stereocenters. The molecule has 1 aliphatic rings. The second kappa shape index (κ2) is 1.81. The van der Waals surface area contributed by atoms with Gasteiger partial charge in [-0.05, 0) is 19.8 Å². The fraction of sp³-hybridized carbons (Fsp3) is 0.714. The van der Waals surface area contributed by atoms with E-state index in [9.17, 15) is 0 Å². The van der Waals surface area contributed by atoms with E-state index in [1.54, 1.807) is 0 Å². The number of nitrogens with zero attached hydrogens (tertiary/aromatic N) is 3. The monoisotopic (exact) mass is 137 g/mol. The van der Waals surface area contributed by atoms with Gasteiger partial charge in [-0.1, -0.05) is 0 Å². The van der Waals surface area contributed by atoms with E-state index in [1.807, 2.05) is 18.7 Å². The molecule has 3 heteroatoms. The molecule has 0 amide bonds. The van der Waals surface area contributed by atoms with Gasteiger partial charge in [0.15, 0.2) is 5.82 Å². The quantitative estimate of drug-likeness (QED) is 0.578. The SMILES string of the molecule is Cc1nc(C2CC2)nn1C. The molecule has 10 heavy (non-hydrogen) atoms. The third-order valence-electron chi connectivity index (χ3n) is 1.94. The van der Waals surface area contributed by atoms with Crippen molar-refractivity contribution in [1.82, 2.24) is 14.8 Å². The molecule has 2 rings (SSSR count). The molecular formula is C7H11N3. The van der Waals surface area contributed by atoms with Crippen LogP contribution in [0.2, 0.25) is 0 Å². The maximum atomic E-state index is 4.32. The fourth-order valence-electron chi connectivity index (χ4n) is 1.00. The van der Waals surface area contributed by atoms with Crippen LogP contribution in [0.1, 0.15) is 30.4 Å². The first kappa shape index (κ1) is 5.89. The molecule has 0 unspecified atom stereocenters. The van der Waals surface area contributed by atoms with E-state index >= 15 is 0 Å². The van der Waals surface area contributed by atoms with Crippen LogP contribution in [0.15, 0.2) is 0 Å². The predicted octanol–water partition coefficient (Wildman–Crippen LogP) is 1.00. The summed E-state index contributed by atoms with van der Waals surface area (Å²) >= 11 is 0. The van der Waals surface area contributed by atoms with E-state index in [2.05, 4.69) is 10.1 Å². The smallest absolute Gasteiger partial charge is 0.153 e. The lowest BCUT2D eigenvalue weighted by Crippen LogP contribution is -1.92. The average Bonchev–Trinajstić information content (AvgIpc) is 2.64. The van der Waals surface area contributed by atoms with Gasteiger partial charge < -0.3 is 0 Å². The van der Waals surface area contributed by atoms with E-state index < -0.39 is 0 Å². The van der Waals surface area contributed by atoms with Crippen LogP contribution in [0, 0.1) is 6.92 Å². The van der Waals surface area contributed by atoms with Crippen molar-refractivity contribution >= 4 is 0 Å². The standard InChI is InChI=1S/C7H11N3/c1-5-8-7(6-3-4-6)9-10(5)2/h6H,3-4H2,1-2H3. The molecule has 1 aromatic rings. The van der Waals surface area contributed by atoms with Gasteiger partial charge in [0, 0.05) is 13.0 Å². The Balaban J connectivity index is 2.34. The highest BCUT2D eigenvalue weighted by molar-refractivity contribution is 5.04. The molecule has 3 nitrogen and oxygen atoms in total. The summed E-state index contributed by atoms with van der Waals surface area (Å²) in [6.45, 7) is 1.98. The van der Waals surface area contributed by atoms with Crippen molar-refractivity contribution < 1.29 is 0 Å². The lowest BCUT2D eigenvalue weighted by Gasteiger charge is -1.85. The van der Waals surface area contributed by atoms with Gasteiger partial charge >= 0.3 is 0 Å². The number of aromatic nitrogens is 3. The molecule has 0 saturated heterocycles. The van der Waals surface area contributed by atoms with Gasteiger partial charge in [-0.2, -0.15) is 5.10 Å². The summed E-state index contributed by atoms with van der Waals surface area (Å²) in [5.74, 6) is 2.74. The highest BCUT2D eigenvalue weighted by Crippen LogP contribution is 2.37. The molecule has 54 valence electrons. The Kier molecular flexibility index (Phi) is 1.07. The number of hydrogen-bond donors (Lipinski definition) is 0. The third kappa shape index (κ3) is 0.818. The van der Waals surface area contributed by atoms with Crippen molar-refractivity contribution in [1.29, 1.82) is 0 Å². The highest BCUT2D eigenvalue weighted by Gasteiger charge is 2.27. The largest absolute Gasteiger partial charge is 0.253 e. The molecule has 0 aliphatic heterocycles. The molecule has 1 fully saturated rings. The van der Waals surface area contributed by atoms with Crippen LogP contribution in [0.4, 0.5) is 0 Å². The zero-order chi connectivity index (χ0) is 7.14. The van der Waals surface area contributed by atoms with Crippen LogP contribution in [0.25, 0.3) is 0 Å². The normalized spacial score (nSPS) is 17.8. The average molecular weight is 137 g/mol. The second-order valence-electron chi connectivity index (χ2n) is 2.92. The van der Waals surface area contributed by atoms with Gasteiger partial charge in [0.25, 0.3) is 0 Å². The summed E-state index contributed by atoms with van der Waals surface area (Å²) in [5.41, 5.74) is 0.